The summed E-state index contributed by atoms with van der Waals surface area (Å²) >= 11 is 0. The van der Waals surface area contributed by atoms with Gasteiger partial charge in [-0.3, -0.25) is 0 Å². The molecule has 2 amide bonds. The van der Waals surface area contributed by atoms with Gasteiger partial charge in [-0.15, -0.1) is 6.58 Å². The summed E-state index contributed by atoms with van der Waals surface area (Å²) in [5.41, 5.74) is 2.66. The first-order valence-corrected chi connectivity index (χ1v) is 7.86. The number of carbonyl (C=O) groups is 1. The number of nitrogens with one attached hydrogen (secondary N) is 1. The molecule has 0 bridgehead atoms. The van der Waals surface area contributed by atoms with E-state index >= 15 is 0 Å². The maximum atomic E-state index is 12.4. The predicted octanol–water partition coefficient (Wildman–Crippen LogP) is 2.99. The van der Waals surface area contributed by atoms with Gasteiger partial charge >= 0.3 is 6.03 Å². The number of benzene rings is 1. The average molecular weight is 302 g/mol. The van der Waals surface area contributed by atoms with Crippen molar-refractivity contribution in [1.29, 1.82) is 0 Å². The molecule has 1 aliphatic rings. The monoisotopic (exact) mass is 302 g/mol. The Hall–Kier alpha value is -1.81. The molecule has 1 atom stereocenters. The van der Waals surface area contributed by atoms with Crippen molar-refractivity contribution >= 4 is 6.03 Å². The molecule has 2 N–H and O–H groups in total. The highest BCUT2D eigenvalue weighted by Crippen LogP contribution is 2.41. The van der Waals surface area contributed by atoms with Crippen molar-refractivity contribution in [3.8, 4) is 0 Å². The summed E-state index contributed by atoms with van der Waals surface area (Å²) < 4.78 is 0. The van der Waals surface area contributed by atoms with Crippen LogP contribution >= 0.6 is 0 Å². The lowest BCUT2D eigenvalue weighted by molar-refractivity contribution is 0.178. The van der Waals surface area contributed by atoms with Crippen molar-refractivity contribution in [1.82, 2.24) is 10.2 Å². The van der Waals surface area contributed by atoms with Gasteiger partial charge in [-0.25, -0.2) is 4.79 Å². The quantitative estimate of drug-likeness (QED) is 0.822. The largest absolute Gasteiger partial charge is 0.395 e. The minimum Gasteiger partial charge on any atom is -0.395 e. The molecule has 1 unspecified atom stereocenters. The molecule has 1 aliphatic carbocycles. The number of urea groups is 1. The summed E-state index contributed by atoms with van der Waals surface area (Å²) in [6.07, 6.45) is 3.64. The fourth-order valence-corrected chi connectivity index (χ4v) is 3.16. The van der Waals surface area contributed by atoms with Crippen molar-refractivity contribution in [2.75, 3.05) is 19.7 Å². The smallest absolute Gasteiger partial charge is 0.318 e. The Morgan fingerprint density at radius 1 is 1.50 bits per heavy atom. The minimum atomic E-state index is -0.145. The standard InChI is InChI=1S/C18H26N2O2/c1-4-11-20(12-13-21)17(22)19-16-9-10-18(2,3)15-8-6-5-7-14(15)16/h4-8,16,21H,1,9-13H2,2-3H3,(H,19,22). The lowest BCUT2D eigenvalue weighted by Gasteiger charge is -2.38. The van der Waals surface area contributed by atoms with E-state index in [9.17, 15) is 4.79 Å². The molecule has 0 saturated carbocycles. The molecule has 4 heteroatoms. The van der Waals surface area contributed by atoms with Crippen molar-refractivity contribution in [3.05, 3.63) is 48.0 Å². The topological polar surface area (TPSA) is 52.6 Å². The first-order chi connectivity index (χ1) is 10.5. The number of fused-ring (bicyclic) bond motifs is 1. The SMILES string of the molecule is C=CCN(CCO)C(=O)NC1CCC(C)(C)c2ccccc21. The number of aliphatic hydroxyl groups excluding tert-OH is 1. The molecule has 0 aromatic heterocycles. The van der Waals surface area contributed by atoms with Gasteiger partial charge in [0, 0.05) is 13.1 Å². The van der Waals surface area contributed by atoms with Gasteiger partial charge in [-0.05, 0) is 29.4 Å². The van der Waals surface area contributed by atoms with Crippen LogP contribution in [0.4, 0.5) is 4.79 Å². The van der Waals surface area contributed by atoms with E-state index in [1.165, 1.54) is 11.1 Å². The molecule has 0 fully saturated rings. The van der Waals surface area contributed by atoms with Gasteiger partial charge in [0.05, 0.1) is 12.6 Å². The third kappa shape index (κ3) is 3.50. The van der Waals surface area contributed by atoms with E-state index in [0.717, 1.165) is 12.8 Å². The highest BCUT2D eigenvalue weighted by molar-refractivity contribution is 5.75. The van der Waals surface area contributed by atoms with E-state index in [2.05, 4.69) is 43.9 Å². The summed E-state index contributed by atoms with van der Waals surface area (Å²) in [7, 11) is 0. The molecule has 1 aromatic rings. The Kier molecular flexibility index (Phi) is 5.24. The summed E-state index contributed by atoms with van der Waals surface area (Å²) in [5.74, 6) is 0. The van der Waals surface area contributed by atoms with Crippen LogP contribution in [0, 0.1) is 0 Å². The summed E-state index contributed by atoms with van der Waals surface area (Å²) in [5, 5.41) is 12.2. The van der Waals surface area contributed by atoms with Crippen LogP contribution in [0.5, 0.6) is 0 Å². The zero-order valence-electron chi connectivity index (χ0n) is 13.5. The normalized spacial score (nSPS) is 19.1. The second-order valence-electron chi connectivity index (χ2n) is 6.47. The number of carbonyl (C=O) groups excluding carboxylic acids is 1. The third-order valence-electron chi connectivity index (χ3n) is 4.43. The third-order valence-corrected chi connectivity index (χ3v) is 4.43. The maximum absolute atomic E-state index is 12.4. The molecule has 2 rings (SSSR count). The van der Waals surface area contributed by atoms with Crippen LogP contribution in [0.3, 0.4) is 0 Å². The summed E-state index contributed by atoms with van der Waals surface area (Å²) in [4.78, 5) is 14.0. The molecule has 0 aliphatic heterocycles. The number of rotatable bonds is 5. The number of hydrogen-bond donors (Lipinski definition) is 2. The number of aliphatic hydroxyl groups is 1. The molecule has 22 heavy (non-hydrogen) atoms. The number of nitrogens with zero attached hydrogens (tertiary/aromatic N) is 1. The highest BCUT2D eigenvalue weighted by Gasteiger charge is 2.33. The first-order valence-electron chi connectivity index (χ1n) is 7.86. The Bertz CT molecular complexity index is 540. The Morgan fingerprint density at radius 3 is 2.91 bits per heavy atom. The predicted molar refractivity (Wildman–Crippen MR) is 88.8 cm³/mol. The van der Waals surface area contributed by atoms with Gasteiger partial charge in [0.1, 0.15) is 0 Å². The van der Waals surface area contributed by atoms with Crippen LogP contribution in [-0.4, -0.2) is 35.7 Å². The molecule has 1 aromatic carbocycles. The van der Waals surface area contributed by atoms with Crippen LogP contribution in [-0.2, 0) is 5.41 Å². The summed E-state index contributed by atoms with van der Waals surface area (Å²) in [6, 6.07) is 8.22. The van der Waals surface area contributed by atoms with E-state index in [-0.39, 0.29) is 24.1 Å². The van der Waals surface area contributed by atoms with Gasteiger partial charge in [0.2, 0.25) is 0 Å². The van der Waals surface area contributed by atoms with Crippen molar-refractivity contribution in [2.24, 2.45) is 0 Å². The average Bonchev–Trinajstić information content (AvgIpc) is 2.50. The lowest BCUT2D eigenvalue weighted by Crippen LogP contribution is -2.44. The van der Waals surface area contributed by atoms with Crippen molar-refractivity contribution in [2.45, 2.75) is 38.1 Å². The molecular weight excluding hydrogens is 276 g/mol. The van der Waals surface area contributed by atoms with Gasteiger partial charge in [0.25, 0.3) is 0 Å². The molecule has 120 valence electrons. The minimum absolute atomic E-state index is 0.0303. The zero-order chi connectivity index (χ0) is 16.2. The van der Waals surface area contributed by atoms with E-state index in [1.807, 2.05) is 6.07 Å². The zero-order valence-corrected chi connectivity index (χ0v) is 13.5. The van der Waals surface area contributed by atoms with Gasteiger partial charge < -0.3 is 15.3 Å². The second kappa shape index (κ2) is 6.97. The fourth-order valence-electron chi connectivity index (χ4n) is 3.16. The van der Waals surface area contributed by atoms with Crippen molar-refractivity contribution < 1.29 is 9.90 Å². The maximum Gasteiger partial charge on any atom is 0.318 e. The summed E-state index contributed by atoms with van der Waals surface area (Å²) in [6.45, 7) is 8.87. The highest BCUT2D eigenvalue weighted by atomic mass is 16.3. The fraction of sp³-hybridized carbons (Fsp3) is 0.500. The first kappa shape index (κ1) is 16.6. The number of hydrogen-bond acceptors (Lipinski definition) is 2. The van der Waals surface area contributed by atoms with Gasteiger partial charge in [-0.1, -0.05) is 44.2 Å². The van der Waals surface area contributed by atoms with E-state index in [0.29, 0.717) is 13.1 Å². The number of amides is 2. The van der Waals surface area contributed by atoms with Crippen LogP contribution in [0.15, 0.2) is 36.9 Å². The van der Waals surface area contributed by atoms with Crippen LogP contribution in [0.1, 0.15) is 43.9 Å². The van der Waals surface area contributed by atoms with Crippen LogP contribution in [0.25, 0.3) is 0 Å². The van der Waals surface area contributed by atoms with E-state index in [4.69, 9.17) is 5.11 Å². The van der Waals surface area contributed by atoms with Gasteiger partial charge in [-0.2, -0.15) is 0 Å². The molecular formula is C18H26N2O2. The van der Waals surface area contributed by atoms with Gasteiger partial charge in [0.15, 0.2) is 0 Å². The van der Waals surface area contributed by atoms with Crippen LogP contribution < -0.4 is 5.32 Å². The lowest BCUT2D eigenvalue weighted by atomic mass is 9.71. The second-order valence-corrected chi connectivity index (χ2v) is 6.47. The molecule has 0 radical (unpaired) electrons. The van der Waals surface area contributed by atoms with E-state index < -0.39 is 0 Å². The molecule has 4 nitrogen and oxygen atoms in total. The molecule has 0 heterocycles. The Balaban J connectivity index is 2.16. The van der Waals surface area contributed by atoms with E-state index in [1.54, 1.807) is 11.0 Å². The Labute approximate surface area is 132 Å². The Morgan fingerprint density at radius 2 is 2.23 bits per heavy atom. The molecule has 0 spiro atoms. The molecule has 0 saturated heterocycles. The van der Waals surface area contributed by atoms with Crippen molar-refractivity contribution in [3.63, 3.8) is 0 Å². The van der Waals surface area contributed by atoms with Crippen LogP contribution in [0.2, 0.25) is 0 Å².